The fraction of sp³-hybridized carbons (Fsp3) is 0.833. The summed E-state index contributed by atoms with van der Waals surface area (Å²) >= 11 is 0. The van der Waals surface area contributed by atoms with Gasteiger partial charge >= 0.3 is 5.97 Å². The van der Waals surface area contributed by atoms with Crippen molar-refractivity contribution in [2.75, 3.05) is 7.11 Å². The lowest BCUT2D eigenvalue weighted by Gasteiger charge is -2.38. The third kappa shape index (κ3) is 1.92. The van der Waals surface area contributed by atoms with Gasteiger partial charge in [-0.05, 0) is 24.7 Å². The van der Waals surface area contributed by atoms with E-state index in [1.54, 1.807) is 0 Å². The van der Waals surface area contributed by atoms with E-state index in [1.165, 1.54) is 20.0 Å². The largest absolute Gasteiger partial charge is 0.468 e. The molecule has 15 heavy (non-hydrogen) atoms. The van der Waals surface area contributed by atoms with Gasteiger partial charge < -0.3 is 4.74 Å². The molecule has 0 spiro atoms. The minimum Gasteiger partial charge on any atom is -0.468 e. The number of carbonyl (C=O) groups is 2. The Hall–Kier alpha value is -0.860. The lowest BCUT2D eigenvalue weighted by Crippen LogP contribution is -2.41. The molecule has 3 heteroatoms. The molecule has 0 radical (unpaired) electrons. The van der Waals surface area contributed by atoms with Gasteiger partial charge in [0.05, 0.1) is 7.11 Å². The summed E-state index contributed by atoms with van der Waals surface area (Å²) in [4.78, 5) is 23.3. The highest BCUT2D eigenvalue weighted by molar-refractivity contribution is 5.99. The fourth-order valence-corrected chi connectivity index (χ4v) is 3.19. The van der Waals surface area contributed by atoms with E-state index in [0.717, 1.165) is 19.3 Å². The second kappa shape index (κ2) is 4.33. The molecule has 2 aliphatic rings. The van der Waals surface area contributed by atoms with Gasteiger partial charge in [-0.25, -0.2) is 0 Å². The molecule has 0 unspecified atom stereocenters. The monoisotopic (exact) mass is 210 g/mol. The van der Waals surface area contributed by atoms with Crippen LogP contribution in [0.1, 0.15) is 38.5 Å². The first-order chi connectivity index (χ1) is 7.24. The molecule has 0 saturated heterocycles. The lowest BCUT2D eigenvalue weighted by atomic mass is 9.65. The second-order valence-corrected chi connectivity index (χ2v) is 4.71. The van der Waals surface area contributed by atoms with Gasteiger partial charge in [0.15, 0.2) is 0 Å². The Bertz CT molecular complexity index is 264. The molecule has 3 atom stereocenters. The highest BCUT2D eigenvalue weighted by atomic mass is 16.5. The number of esters is 1. The minimum atomic E-state index is -0.450. The Labute approximate surface area is 90.2 Å². The van der Waals surface area contributed by atoms with Crippen LogP contribution in [-0.2, 0) is 14.3 Å². The first-order valence-corrected chi connectivity index (χ1v) is 5.84. The summed E-state index contributed by atoms with van der Waals surface area (Å²) in [7, 11) is 1.38. The van der Waals surface area contributed by atoms with Crippen molar-refractivity contribution >= 4 is 11.8 Å². The SMILES string of the molecule is COC(=O)[C@@H]1C(=O)CC[C@H]2CCCC[C@H]21. The van der Waals surface area contributed by atoms with E-state index in [4.69, 9.17) is 4.74 Å². The number of rotatable bonds is 1. The third-order valence-corrected chi connectivity index (χ3v) is 3.96. The molecule has 0 aromatic heterocycles. The van der Waals surface area contributed by atoms with E-state index in [0.29, 0.717) is 12.3 Å². The Balaban J connectivity index is 2.16. The second-order valence-electron chi connectivity index (χ2n) is 4.71. The van der Waals surface area contributed by atoms with Crippen LogP contribution in [0.15, 0.2) is 0 Å². The van der Waals surface area contributed by atoms with Gasteiger partial charge in [0, 0.05) is 6.42 Å². The summed E-state index contributed by atoms with van der Waals surface area (Å²) in [6.07, 6.45) is 6.17. The maximum absolute atomic E-state index is 11.7. The van der Waals surface area contributed by atoms with Crippen molar-refractivity contribution in [2.45, 2.75) is 38.5 Å². The third-order valence-electron chi connectivity index (χ3n) is 3.96. The number of ether oxygens (including phenoxy) is 1. The summed E-state index contributed by atoms with van der Waals surface area (Å²) in [5.74, 6) is 0.198. The van der Waals surface area contributed by atoms with Gasteiger partial charge in [0.25, 0.3) is 0 Å². The van der Waals surface area contributed by atoms with Gasteiger partial charge in [-0.3, -0.25) is 9.59 Å². The first-order valence-electron chi connectivity index (χ1n) is 5.84. The van der Waals surface area contributed by atoms with Crippen molar-refractivity contribution in [1.29, 1.82) is 0 Å². The predicted octanol–water partition coefficient (Wildman–Crippen LogP) is 1.94. The molecule has 3 nitrogen and oxygen atoms in total. The highest BCUT2D eigenvalue weighted by Crippen LogP contribution is 2.42. The van der Waals surface area contributed by atoms with Crippen LogP contribution >= 0.6 is 0 Å². The van der Waals surface area contributed by atoms with Gasteiger partial charge in [-0.2, -0.15) is 0 Å². The van der Waals surface area contributed by atoms with Crippen LogP contribution in [0.2, 0.25) is 0 Å². The molecule has 2 rings (SSSR count). The zero-order valence-electron chi connectivity index (χ0n) is 9.20. The number of hydrogen-bond donors (Lipinski definition) is 0. The summed E-state index contributed by atoms with van der Waals surface area (Å²) in [5.41, 5.74) is 0. The summed E-state index contributed by atoms with van der Waals surface area (Å²) in [6.45, 7) is 0. The summed E-state index contributed by atoms with van der Waals surface area (Å²) in [5, 5.41) is 0. The quantitative estimate of drug-likeness (QED) is 0.490. The molecule has 84 valence electrons. The maximum Gasteiger partial charge on any atom is 0.316 e. The average molecular weight is 210 g/mol. The lowest BCUT2D eigenvalue weighted by molar-refractivity contribution is -0.155. The van der Waals surface area contributed by atoms with Crippen LogP contribution in [0.25, 0.3) is 0 Å². The van der Waals surface area contributed by atoms with Crippen LogP contribution in [0, 0.1) is 17.8 Å². The van der Waals surface area contributed by atoms with Gasteiger partial charge in [-0.1, -0.05) is 19.3 Å². The standard InChI is InChI=1S/C12H18O3/c1-15-12(14)11-9-5-3-2-4-8(9)6-7-10(11)13/h8-9,11H,2-7H2,1H3/t8-,9-,11+/m1/s1. The number of ketones is 1. The molecular formula is C12H18O3. The molecule has 0 N–H and O–H groups in total. The van der Waals surface area contributed by atoms with Crippen LogP contribution in [0.4, 0.5) is 0 Å². The van der Waals surface area contributed by atoms with E-state index in [9.17, 15) is 9.59 Å². The van der Waals surface area contributed by atoms with Crippen LogP contribution in [-0.4, -0.2) is 18.9 Å². The molecule has 0 aliphatic heterocycles. The van der Waals surface area contributed by atoms with Crippen molar-refractivity contribution in [3.8, 4) is 0 Å². The summed E-state index contributed by atoms with van der Waals surface area (Å²) < 4.78 is 4.75. The van der Waals surface area contributed by atoms with Gasteiger partial charge in [-0.15, -0.1) is 0 Å². The average Bonchev–Trinajstić information content (AvgIpc) is 2.28. The van der Waals surface area contributed by atoms with E-state index >= 15 is 0 Å². The van der Waals surface area contributed by atoms with Crippen molar-refractivity contribution in [3.05, 3.63) is 0 Å². The Kier molecular flexibility index (Phi) is 3.08. The van der Waals surface area contributed by atoms with Crippen molar-refractivity contribution in [2.24, 2.45) is 17.8 Å². The highest BCUT2D eigenvalue weighted by Gasteiger charge is 2.43. The van der Waals surface area contributed by atoms with Crippen LogP contribution in [0.3, 0.4) is 0 Å². The maximum atomic E-state index is 11.7. The van der Waals surface area contributed by atoms with E-state index in [-0.39, 0.29) is 17.7 Å². The van der Waals surface area contributed by atoms with Crippen molar-refractivity contribution in [1.82, 2.24) is 0 Å². The summed E-state index contributed by atoms with van der Waals surface area (Å²) in [6, 6.07) is 0. The van der Waals surface area contributed by atoms with Crippen LogP contribution < -0.4 is 0 Å². The normalized spacial score (nSPS) is 35.8. The fourth-order valence-electron chi connectivity index (χ4n) is 3.19. The van der Waals surface area contributed by atoms with E-state index < -0.39 is 5.92 Å². The molecule has 0 amide bonds. The predicted molar refractivity (Wildman–Crippen MR) is 55.2 cm³/mol. The molecule has 0 aromatic rings. The topological polar surface area (TPSA) is 43.4 Å². The molecule has 2 fully saturated rings. The minimum absolute atomic E-state index is 0.102. The molecule has 0 bridgehead atoms. The Morgan fingerprint density at radius 1 is 1.27 bits per heavy atom. The molecular weight excluding hydrogens is 192 g/mol. The number of Topliss-reactive ketones (excluding diaryl/α,β-unsaturated/α-hetero) is 1. The zero-order chi connectivity index (χ0) is 10.8. The number of hydrogen-bond acceptors (Lipinski definition) is 3. The molecule has 0 aromatic carbocycles. The molecule has 0 heterocycles. The Morgan fingerprint density at radius 2 is 2.00 bits per heavy atom. The van der Waals surface area contributed by atoms with E-state index in [2.05, 4.69) is 0 Å². The number of methoxy groups -OCH3 is 1. The molecule has 2 saturated carbocycles. The zero-order valence-corrected chi connectivity index (χ0v) is 9.20. The van der Waals surface area contributed by atoms with Crippen molar-refractivity contribution < 1.29 is 14.3 Å². The smallest absolute Gasteiger partial charge is 0.316 e. The van der Waals surface area contributed by atoms with E-state index in [1.807, 2.05) is 0 Å². The number of carbonyl (C=O) groups excluding carboxylic acids is 2. The first kappa shape index (κ1) is 10.7. The number of fused-ring (bicyclic) bond motifs is 1. The molecule has 2 aliphatic carbocycles. The van der Waals surface area contributed by atoms with Crippen molar-refractivity contribution in [3.63, 3.8) is 0 Å². The van der Waals surface area contributed by atoms with Gasteiger partial charge in [0.2, 0.25) is 0 Å². The Morgan fingerprint density at radius 3 is 2.73 bits per heavy atom. The van der Waals surface area contributed by atoms with Crippen LogP contribution in [0.5, 0.6) is 0 Å². The van der Waals surface area contributed by atoms with Gasteiger partial charge in [0.1, 0.15) is 11.7 Å².